The van der Waals surface area contributed by atoms with Gasteiger partial charge in [-0.3, -0.25) is 0 Å². The fourth-order valence-electron chi connectivity index (χ4n) is 6.62. The van der Waals surface area contributed by atoms with Gasteiger partial charge < -0.3 is 19.5 Å². The number of aliphatic hydroxyl groups excluding tert-OH is 1. The van der Waals surface area contributed by atoms with Crippen LogP contribution in [-0.4, -0.2) is 41.8 Å². The molecular formula is C24H24F3NO3. The van der Waals surface area contributed by atoms with E-state index in [1.807, 2.05) is 6.07 Å². The molecule has 4 aliphatic rings. The molecule has 0 aromatic heterocycles. The van der Waals surface area contributed by atoms with Crippen LogP contribution >= 0.6 is 0 Å². The van der Waals surface area contributed by atoms with Gasteiger partial charge in [0, 0.05) is 17.0 Å². The summed E-state index contributed by atoms with van der Waals surface area (Å²) in [6, 6.07) is 9.06. The summed E-state index contributed by atoms with van der Waals surface area (Å²) >= 11 is 0. The van der Waals surface area contributed by atoms with Gasteiger partial charge in [-0.1, -0.05) is 6.07 Å². The highest BCUT2D eigenvalue weighted by Gasteiger charge is 2.65. The number of hydrogen-bond donors (Lipinski definition) is 1. The maximum absolute atomic E-state index is 12.9. The van der Waals surface area contributed by atoms with E-state index in [4.69, 9.17) is 9.47 Å². The van der Waals surface area contributed by atoms with Gasteiger partial charge in [0.05, 0.1) is 11.7 Å². The zero-order valence-corrected chi connectivity index (χ0v) is 17.2. The van der Waals surface area contributed by atoms with E-state index in [1.54, 1.807) is 0 Å². The summed E-state index contributed by atoms with van der Waals surface area (Å²) in [6.07, 6.45) is -1.65. The minimum Gasteiger partial charge on any atom is -0.483 e. The number of rotatable bonds is 2. The summed E-state index contributed by atoms with van der Waals surface area (Å²) in [4.78, 5) is 2.44. The molecule has 2 bridgehead atoms. The van der Waals surface area contributed by atoms with Crippen LogP contribution in [0, 0.1) is 5.92 Å². The van der Waals surface area contributed by atoms with Crippen LogP contribution < -0.4 is 9.47 Å². The van der Waals surface area contributed by atoms with Crippen molar-refractivity contribution in [3.63, 3.8) is 0 Å². The van der Waals surface area contributed by atoms with Crippen molar-refractivity contribution in [1.29, 1.82) is 0 Å². The molecule has 0 radical (unpaired) electrons. The Kier molecular flexibility index (Phi) is 4.01. The van der Waals surface area contributed by atoms with Crippen molar-refractivity contribution in [1.82, 2.24) is 4.90 Å². The highest BCUT2D eigenvalue weighted by Crippen LogP contribution is 2.64. The third-order valence-electron chi connectivity index (χ3n) is 7.96. The Bertz CT molecular complexity index is 1040. The van der Waals surface area contributed by atoms with Gasteiger partial charge in [0.25, 0.3) is 0 Å². The fourth-order valence-corrected chi connectivity index (χ4v) is 6.62. The lowest BCUT2D eigenvalue weighted by atomic mass is 9.51. The van der Waals surface area contributed by atoms with Gasteiger partial charge in [-0.25, -0.2) is 0 Å². The highest BCUT2D eigenvalue weighted by molar-refractivity contribution is 5.62. The summed E-state index contributed by atoms with van der Waals surface area (Å²) in [5, 5.41) is 10.9. The normalized spacial score (nSPS) is 33.6. The Morgan fingerprint density at radius 2 is 1.90 bits per heavy atom. The van der Waals surface area contributed by atoms with E-state index in [0.29, 0.717) is 29.2 Å². The zero-order valence-electron chi connectivity index (χ0n) is 17.2. The van der Waals surface area contributed by atoms with Gasteiger partial charge in [0.1, 0.15) is 11.9 Å². The van der Waals surface area contributed by atoms with Crippen LogP contribution in [0.3, 0.4) is 0 Å². The molecule has 31 heavy (non-hydrogen) atoms. The molecule has 5 unspecified atom stereocenters. The lowest BCUT2D eigenvalue weighted by Gasteiger charge is -2.58. The van der Waals surface area contributed by atoms with Crippen molar-refractivity contribution < 1.29 is 27.8 Å². The Hall–Kier alpha value is -2.25. The van der Waals surface area contributed by atoms with Crippen LogP contribution in [0.15, 0.2) is 36.4 Å². The van der Waals surface area contributed by atoms with E-state index < -0.39 is 17.8 Å². The first kappa shape index (κ1) is 19.4. The lowest BCUT2D eigenvalue weighted by molar-refractivity contribution is -0.137. The number of halogens is 3. The summed E-state index contributed by atoms with van der Waals surface area (Å²) in [5.74, 6) is 1.92. The van der Waals surface area contributed by atoms with E-state index >= 15 is 0 Å². The van der Waals surface area contributed by atoms with Gasteiger partial charge >= 0.3 is 6.18 Å². The van der Waals surface area contributed by atoms with Gasteiger partial charge in [0.15, 0.2) is 11.5 Å². The number of piperidine rings is 1. The molecule has 5 atom stereocenters. The first-order chi connectivity index (χ1) is 14.8. The van der Waals surface area contributed by atoms with Crippen molar-refractivity contribution in [2.24, 2.45) is 5.92 Å². The maximum atomic E-state index is 12.9. The second kappa shape index (κ2) is 6.39. The molecule has 2 fully saturated rings. The number of hydrogen-bond acceptors (Lipinski definition) is 4. The highest BCUT2D eigenvalue weighted by atomic mass is 19.4. The quantitative estimate of drug-likeness (QED) is 0.759. The van der Waals surface area contributed by atoms with Gasteiger partial charge in [0.2, 0.25) is 0 Å². The number of benzene rings is 2. The van der Waals surface area contributed by atoms with Gasteiger partial charge in [-0.15, -0.1) is 0 Å². The fraction of sp³-hybridized carbons (Fsp3) is 0.500. The zero-order chi connectivity index (χ0) is 21.5. The number of aliphatic hydroxyl groups is 1. The van der Waals surface area contributed by atoms with E-state index in [9.17, 15) is 18.3 Å². The minimum atomic E-state index is -4.38. The number of ether oxygens (including phenoxy) is 2. The third kappa shape index (κ3) is 2.62. The number of alkyl halides is 3. The summed E-state index contributed by atoms with van der Waals surface area (Å²) < 4.78 is 51.1. The van der Waals surface area contributed by atoms with E-state index in [1.165, 1.54) is 17.7 Å². The largest absolute Gasteiger partial charge is 0.483 e. The maximum Gasteiger partial charge on any atom is 0.416 e. The predicted octanol–water partition coefficient (Wildman–Crippen LogP) is 4.53. The predicted molar refractivity (Wildman–Crippen MR) is 108 cm³/mol. The topological polar surface area (TPSA) is 41.9 Å². The first-order valence-corrected chi connectivity index (χ1v) is 10.9. The second-order valence-corrected chi connectivity index (χ2v) is 9.38. The molecule has 2 aliphatic carbocycles. The molecule has 2 heterocycles. The second-order valence-electron chi connectivity index (χ2n) is 9.38. The standard InChI is InChI=1S/C24H24F3NO3/c1-28-11-10-23-16-7-8-18(29)22(23)31-21-19(9-2-13(20(21)23)12-17(16)28)30-15-5-3-14(4-6-15)24(25,26)27/h2-6,9,16-18,22,29H,7-8,10-12H2,1H3. The molecule has 6 rings (SSSR count). The average Bonchev–Trinajstić information content (AvgIpc) is 3.09. The van der Waals surface area contributed by atoms with Crippen LogP contribution in [0.25, 0.3) is 0 Å². The Labute approximate surface area is 178 Å². The SMILES string of the molecule is CN1CCC23c4c5ccc(Oc6ccc(C(F)(F)F)cc6)c4OC2C(O)CCC3C1C5. The summed E-state index contributed by atoms with van der Waals surface area (Å²) in [5.41, 5.74) is 1.48. The molecule has 1 N–H and O–H groups in total. The smallest absolute Gasteiger partial charge is 0.416 e. The third-order valence-corrected chi connectivity index (χ3v) is 7.96. The van der Waals surface area contributed by atoms with Crippen molar-refractivity contribution in [2.45, 2.75) is 55.5 Å². The number of likely N-dealkylation sites (N-methyl/N-ethyl adjacent to an activating group) is 1. The number of nitrogens with zero attached hydrogens (tertiary/aromatic N) is 1. The van der Waals surface area contributed by atoms with Crippen molar-refractivity contribution >= 4 is 0 Å². The van der Waals surface area contributed by atoms with Crippen LogP contribution in [0.2, 0.25) is 0 Å². The molecule has 1 spiro atoms. The first-order valence-electron chi connectivity index (χ1n) is 10.9. The summed E-state index contributed by atoms with van der Waals surface area (Å²) in [6.45, 7) is 0.955. The molecule has 7 heteroatoms. The monoisotopic (exact) mass is 431 g/mol. The van der Waals surface area contributed by atoms with Gasteiger partial charge in [-0.05, 0) is 81.1 Å². The lowest BCUT2D eigenvalue weighted by Crippen LogP contribution is -2.66. The average molecular weight is 431 g/mol. The van der Waals surface area contributed by atoms with E-state index in [2.05, 4.69) is 18.0 Å². The van der Waals surface area contributed by atoms with E-state index in [0.717, 1.165) is 49.9 Å². The van der Waals surface area contributed by atoms with Crippen molar-refractivity contribution in [3.8, 4) is 17.2 Å². The molecule has 1 saturated heterocycles. The van der Waals surface area contributed by atoms with Gasteiger partial charge in [-0.2, -0.15) is 13.2 Å². The van der Waals surface area contributed by atoms with Crippen LogP contribution in [0.5, 0.6) is 17.2 Å². The Morgan fingerprint density at radius 3 is 2.65 bits per heavy atom. The molecule has 1 saturated carbocycles. The Morgan fingerprint density at radius 1 is 1.13 bits per heavy atom. The minimum absolute atomic E-state index is 0.211. The summed E-state index contributed by atoms with van der Waals surface area (Å²) in [7, 11) is 2.18. The molecule has 2 aromatic rings. The number of likely N-dealkylation sites (tertiary alicyclic amines) is 1. The van der Waals surface area contributed by atoms with E-state index in [-0.39, 0.29) is 11.5 Å². The van der Waals surface area contributed by atoms with Crippen LogP contribution in [-0.2, 0) is 18.0 Å². The molecular weight excluding hydrogens is 407 g/mol. The Balaban J connectivity index is 1.42. The molecule has 4 nitrogen and oxygen atoms in total. The van der Waals surface area contributed by atoms with Crippen LogP contribution in [0.4, 0.5) is 13.2 Å². The molecule has 0 amide bonds. The van der Waals surface area contributed by atoms with Crippen molar-refractivity contribution in [3.05, 3.63) is 53.1 Å². The molecule has 2 aliphatic heterocycles. The molecule has 2 aromatic carbocycles. The van der Waals surface area contributed by atoms with Crippen molar-refractivity contribution in [2.75, 3.05) is 13.6 Å². The molecule has 164 valence electrons. The van der Waals surface area contributed by atoms with Crippen LogP contribution in [0.1, 0.15) is 36.0 Å².